The van der Waals surface area contributed by atoms with Crippen molar-refractivity contribution in [3.05, 3.63) is 64.1 Å². The first-order valence-electron chi connectivity index (χ1n) is 8.38. The van der Waals surface area contributed by atoms with Gasteiger partial charge < -0.3 is 10.1 Å². The minimum absolute atomic E-state index is 0. The first kappa shape index (κ1) is 21.7. The van der Waals surface area contributed by atoms with E-state index in [1.54, 1.807) is 0 Å². The zero-order valence-electron chi connectivity index (χ0n) is 14.5. The summed E-state index contributed by atoms with van der Waals surface area (Å²) in [6.45, 7) is 1.80. The fourth-order valence-corrected chi connectivity index (χ4v) is 2.68. The lowest BCUT2D eigenvalue weighted by Crippen LogP contribution is -2.07. The lowest BCUT2D eigenvalue weighted by molar-refractivity contribution is 0.103. The highest BCUT2D eigenvalue weighted by Crippen LogP contribution is 2.17. The number of carbonyl (C=O) groups excluding carboxylic acids is 1. The molecule has 3 nitrogen and oxygen atoms in total. The largest absolute Gasteiger partial charge is 0.494 e. The average Bonchev–Trinajstić information content (AvgIpc) is 2.61. The molecule has 1 N–H and O–H groups in total. The summed E-state index contributed by atoms with van der Waals surface area (Å²) in [7, 11) is 1.98. The minimum atomic E-state index is 0. The van der Waals surface area contributed by atoms with Gasteiger partial charge in [0.1, 0.15) is 5.75 Å². The van der Waals surface area contributed by atoms with E-state index in [1.165, 1.54) is 19.3 Å². The van der Waals surface area contributed by atoms with E-state index in [4.69, 9.17) is 4.74 Å². The molecule has 0 unspecified atom stereocenters. The van der Waals surface area contributed by atoms with Crippen molar-refractivity contribution >= 4 is 34.1 Å². The third kappa shape index (κ3) is 7.59. The minimum Gasteiger partial charge on any atom is -0.494 e. The van der Waals surface area contributed by atoms with Gasteiger partial charge in [0.05, 0.1) is 6.61 Å². The third-order valence-electron chi connectivity index (χ3n) is 3.81. The second-order valence-electron chi connectivity index (χ2n) is 5.73. The van der Waals surface area contributed by atoms with Crippen molar-refractivity contribution in [2.45, 2.75) is 25.7 Å². The van der Waals surface area contributed by atoms with Gasteiger partial charge in [-0.2, -0.15) is 0 Å². The molecule has 0 bridgehead atoms. The van der Waals surface area contributed by atoms with Gasteiger partial charge in [0, 0.05) is 15.6 Å². The predicted molar refractivity (Wildman–Crippen MR) is 109 cm³/mol. The maximum atomic E-state index is 12.4. The number of nitrogens with one attached hydrogen (secondary N) is 1. The normalized spacial score (nSPS) is 10.2. The molecule has 25 heavy (non-hydrogen) atoms. The van der Waals surface area contributed by atoms with E-state index in [0.29, 0.717) is 11.1 Å². The van der Waals surface area contributed by atoms with Crippen LogP contribution in [0, 0.1) is 0 Å². The first-order chi connectivity index (χ1) is 11.7. The number of carbonyl (C=O) groups is 1. The number of benzene rings is 2. The lowest BCUT2D eigenvalue weighted by Gasteiger charge is -2.07. The molecule has 0 saturated heterocycles. The van der Waals surface area contributed by atoms with Gasteiger partial charge in [-0.3, -0.25) is 4.79 Å². The van der Waals surface area contributed by atoms with Gasteiger partial charge in [-0.05, 0) is 75.0 Å². The van der Waals surface area contributed by atoms with Crippen LogP contribution in [0.25, 0.3) is 0 Å². The maximum Gasteiger partial charge on any atom is 0.193 e. The molecule has 0 atom stereocenters. The van der Waals surface area contributed by atoms with E-state index >= 15 is 0 Å². The molecule has 0 aromatic heterocycles. The van der Waals surface area contributed by atoms with Gasteiger partial charge in [0.15, 0.2) is 5.78 Å². The Morgan fingerprint density at radius 1 is 0.920 bits per heavy atom. The zero-order chi connectivity index (χ0) is 17.2. The van der Waals surface area contributed by atoms with Crippen molar-refractivity contribution in [3.63, 3.8) is 0 Å². The van der Waals surface area contributed by atoms with Crippen LogP contribution in [0.5, 0.6) is 5.75 Å². The molecule has 0 aliphatic heterocycles. The van der Waals surface area contributed by atoms with E-state index in [9.17, 15) is 4.79 Å². The summed E-state index contributed by atoms with van der Waals surface area (Å²) in [5, 5.41) is 3.15. The highest BCUT2D eigenvalue weighted by atomic mass is 79.9. The summed E-state index contributed by atoms with van der Waals surface area (Å²) in [5.74, 6) is 0.844. The summed E-state index contributed by atoms with van der Waals surface area (Å²) in [6.07, 6.45) is 4.68. The summed E-state index contributed by atoms with van der Waals surface area (Å²) in [5.41, 5.74) is 1.37. The second-order valence-corrected chi connectivity index (χ2v) is 6.64. The Kier molecular flexibility index (Phi) is 10.5. The number of halogens is 2. The summed E-state index contributed by atoms with van der Waals surface area (Å²) in [6, 6.07) is 14.8. The predicted octanol–water partition coefficient (Wildman–Crippen LogP) is 5.26. The number of hydrogen-bond acceptors (Lipinski definition) is 3. The van der Waals surface area contributed by atoms with Crippen LogP contribution in [0.3, 0.4) is 0 Å². The first-order valence-corrected chi connectivity index (χ1v) is 9.18. The van der Waals surface area contributed by atoms with E-state index in [-0.39, 0.29) is 18.2 Å². The highest BCUT2D eigenvalue weighted by Gasteiger charge is 2.08. The molecule has 2 aromatic carbocycles. The van der Waals surface area contributed by atoms with Gasteiger partial charge in [-0.15, -0.1) is 12.4 Å². The molecule has 0 amide bonds. The van der Waals surface area contributed by atoms with Crippen molar-refractivity contribution < 1.29 is 9.53 Å². The van der Waals surface area contributed by atoms with Crippen LogP contribution in [0.1, 0.15) is 41.6 Å². The number of hydrogen-bond donors (Lipinski definition) is 1. The van der Waals surface area contributed by atoms with E-state index < -0.39 is 0 Å². The second kappa shape index (κ2) is 12.1. The van der Waals surface area contributed by atoms with Crippen LogP contribution in [0.2, 0.25) is 0 Å². The standard InChI is InChI=1S/C20H24BrNO2.ClH/c1-22-14-4-2-3-5-15-24-19-12-8-17(9-13-19)20(23)16-6-10-18(21)11-7-16;/h6-13,22H,2-5,14-15H2,1H3;1H. The number of rotatable bonds is 10. The van der Waals surface area contributed by atoms with Crippen LogP contribution >= 0.6 is 28.3 Å². The fourth-order valence-electron chi connectivity index (χ4n) is 2.42. The molecular weight excluding hydrogens is 402 g/mol. The lowest BCUT2D eigenvalue weighted by atomic mass is 10.0. The Labute approximate surface area is 164 Å². The van der Waals surface area contributed by atoms with E-state index in [1.807, 2.05) is 55.6 Å². The van der Waals surface area contributed by atoms with Crippen molar-refractivity contribution in [2.75, 3.05) is 20.2 Å². The topological polar surface area (TPSA) is 38.3 Å². The van der Waals surface area contributed by atoms with Crippen LogP contribution in [0.15, 0.2) is 53.0 Å². The molecule has 0 radical (unpaired) electrons. The molecule has 5 heteroatoms. The smallest absolute Gasteiger partial charge is 0.193 e. The molecule has 2 aromatic rings. The average molecular weight is 427 g/mol. The molecule has 0 spiro atoms. The van der Waals surface area contributed by atoms with Gasteiger partial charge >= 0.3 is 0 Å². The fraction of sp³-hybridized carbons (Fsp3) is 0.350. The molecular formula is C20H25BrClNO2. The van der Waals surface area contributed by atoms with Crippen molar-refractivity contribution in [2.24, 2.45) is 0 Å². The molecule has 2 rings (SSSR count). The Morgan fingerprint density at radius 2 is 1.48 bits per heavy atom. The van der Waals surface area contributed by atoms with Gasteiger partial charge in [-0.1, -0.05) is 28.8 Å². The van der Waals surface area contributed by atoms with E-state index in [0.717, 1.165) is 29.8 Å². The molecule has 0 fully saturated rings. The summed E-state index contributed by atoms with van der Waals surface area (Å²) >= 11 is 3.38. The monoisotopic (exact) mass is 425 g/mol. The van der Waals surface area contributed by atoms with Crippen LogP contribution in [0.4, 0.5) is 0 Å². The van der Waals surface area contributed by atoms with Crippen LogP contribution < -0.4 is 10.1 Å². The molecule has 0 aliphatic carbocycles. The zero-order valence-corrected chi connectivity index (χ0v) is 16.9. The summed E-state index contributed by atoms with van der Waals surface area (Å²) < 4.78 is 6.70. The number of ketones is 1. The molecule has 136 valence electrons. The van der Waals surface area contributed by atoms with Crippen molar-refractivity contribution in [1.29, 1.82) is 0 Å². The van der Waals surface area contributed by atoms with Crippen LogP contribution in [-0.2, 0) is 0 Å². The highest BCUT2D eigenvalue weighted by molar-refractivity contribution is 9.10. The molecule has 0 aliphatic rings. The van der Waals surface area contributed by atoms with E-state index in [2.05, 4.69) is 21.2 Å². The quantitative estimate of drug-likeness (QED) is 0.416. The third-order valence-corrected chi connectivity index (χ3v) is 4.34. The molecule has 0 heterocycles. The SMILES string of the molecule is CNCCCCCCOc1ccc(C(=O)c2ccc(Br)cc2)cc1.Cl. The van der Waals surface area contributed by atoms with Crippen molar-refractivity contribution in [3.8, 4) is 5.75 Å². The number of unbranched alkanes of at least 4 members (excludes halogenated alkanes) is 3. The Hall–Kier alpha value is -1.36. The molecule has 0 saturated carbocycles. The van der Waals surface area contributed by atoms with Crippen LogP contribution in [-0.4, -0.2) is 26.0 Å². The van der Waals surface area contributed by atoms with Gasteiger partial charge in [-0.25, -0.2) is 0 Å². The van der Waals surface area contributed by atoms with Gasteiger partial charge in [0.25, 0.3) is 0 Å². The Bertz CT molecular complexity index is 629. The summed E-state index contributed by atoms with van der Waals surface area (Å²) in [4.78, 5) is 12.4. The number of ether oxygens (including phenoxy) is 1. The van der Waals surface area contributed by atoms with Crippen molar-refractivity contribution in [1.82, 2.24) is 5.32 Å². The Balaban J connectivity index is 0.00000312. The Morgan fingerprint density at radius 3 is 2.08 bits per heavy atom. The van der Waals surface area contributed by atoms with Gasteiger partial charge in [0.2, 0.25) is 0 Å². The maximum absolute atomic E-state index is 12.4.